The molecule has 0 unspecified atom stereocenters. The summed E-state index contributed by atoms with van der Waals surface area (Å²) in [6.07, 6.45) is 3.09. The van der Waals surface area contributed by atoms with Crippen LogP contribution < -0.4 is 0 Å². The Bertz CT molecular complexity index is 719. The van der Waals surface area contributed by atoms with E-state index in [9.17, 15) is 9.59 Å². The minimum atomic E-state index is -0.0127. The molecule has 2 aromatic rings. The molecule has 0 spiro atoms. The first-order chi connectivity index (χ1) is 11.0. The van der Waals surface area contributed by atoms with E-state index in [2.05, 4.69) is 5.10 Å². The SMILES string of the molecule is Cc1cc(C(=O)N2CCC(C(=O)c3ccnn3C)CC2)sc1C. The number of aryl methyl sites for hydroxylation is 3. The average molecular weight is 331 g/mol. The van der Waals surface area contributed by atoms with E-state index in [0.29, 0.717) is 18.8 Å². The number of likely N-dealkylation sites (tertiary alicyclic amines) is 1. The summed E-state index contributed by atoms with van der Waals surface area (Å²) >= 11 is 1.55. The van der Waals surface area contributed by atoms with Crippen LogP contribution in [0.15, 0.2) is 18.3 Å². The number of rotatable bonds is 3. The van der Waals surface area contributed by atoms with Crippen LogP contribution in [0.25, 0.3) is 0 Å². The Balaban J connectivity index is 1.63. The lowest BCUT2D eigenvalue weighted by atomic mass is 9.91. The molecule has 3 heterocycles. The Morgan fingerprint density at radius 1 is 1.26 bits per heavy atom. The summed E-state index contributed by atoms with van der Waals surface area (Å²) in [7, 11) is 1.79. The first-order valence-electron chi connectivity index (χ1n) is 7.86. The minimum absolute atomic E-state index is 0.0127. The highest BCUT2D eigenvalue weighted by Gasteiger charge is 2.30. The zero-order valence-corrected chi connectivity index (χ0v) is 14.5. The summed E-state index contributed by atoms with van der Waals surface area (Å²) in [6, 6.07) is 3.73. The summed E-state index contributed by atoms with van der Waals surface area (Å²) in [5, 5.41) is 4.06. The molecule has 23 heavy (non-hydrogen) atoms. The number of carbonyl (C=O) groups is 2. The lowest BCUT2D eigenvalue weighted by molar-refractivity contribution is 0.0651. The van der Waals surface area contributed by atoms with Crippen LogP contribution in [0.5, 0.6) is 0 Å². The molecule has 1 amide bonds. The maximum absolute atomic E-state index is 12.6. The van der Waals surface area contributed by atoms with Gasteiger partial charge in [0.15, 0.2) is 5.78 Å². The lowest BCUT2D eigenvalue weighted by Crippen LogP contribution is -2.40. The van der Waals surface area contributed by atoms with Crippen LogP contribution in [0.3, 0.4) is 0 Å². The zero-order chi connectivity index (χ0) is 16.6. The zero-order valence-electron chi connectivity index (χ0n) is 13.7. The van der Waals surface area contributed by atoms with E-state index in [1.54, 1.807) is 35.3 Å². The van der Waals surface area contributed by atoms with Crippen LogP contribution >= 0.6 is 11.3 Å². The van der Waals surface area contributed by atoms with E-state index < -0.39 is 0 Å². The minimum Gasteiger partial charge on any atom is -0.338 e. The molecule has 1 aliphatic rings. The van der Waals surface area contributed by atoms with Gasteiger partial charge in [0.25, 0.3) is 5.91 Å². The highest BCUT2D eigenvalue weighted by Crippen LogP contribution is 2.26. The molecule has 0 aromatic carbocycles. The molecule has 1 saturated heterocycles. The summed E-state index contributed by atoms with van der Waals surface area (Å²) in [6.45, 7) is 5.35. The standard InChI is InChI=1S/C17H21N3O2S/c1-11-10-15(23-12(11)2)17(22)20-8-5-13(6-9-20)16(21)14-4-7-18-19(14)3/h4,7,10,13H,5-6,8-9H2,1-3H3. The van der Waals surface area contributed by atoms with Gasteiger partial charge in [-0.25, -0.2) is 0 Å². The van der Waals surface area contributed by atoms with Gasteiger partial charge in [0.05, 0.1) is 4.88 Å². The number of ketones is 1. The molecule has 0 radical (unpaired) electrons. The predicted octanol–water partition coefficient (Wildman–Crippen LogP) is 2.83. The second-order valence-corrected chi connectivity index (χ2v) is 7.38. The molecule has 3 rings (SSSR count). The highest BCUT2D eigenvalue weighted by atomic mass is 32.1. The number of aromatic nitrogens is 2. The van der Waals surface area contributed by atoms with Crippen molar-refractivity contribution in [3.05, 3.63) is 39.3 Å². The van der Waals surface area contributed by atoms with Crippen LogP contribution in [-0.2, 0) is 7.05 Å². The molecule has 122 valence electrons. The van der Waals surface area contributed by atoms with Crippen molar-refractivity contribution in [3.8, 4) is 0 Å². The third kappa shape index (κ3) is 3.08. The van der Waals surface area contributed by atoms with Crippen molar-refractivity contribution in [1.82, 2.24) is 14.7 Å². The second kappa shape index (κ2) is 6.28. The number of amides is 1. The molecule has 1 fully saturated rings. The molecule has 0 atom stereocenters. The predicted molar refractivity (Wildman–Crippen MR) is 90.0 cm³/mol. The Kier molecular flexibility index (Phi) is 4.35. The van der Waals surface area contributed by atoms with Gasteiger partial charge < -0.3 is 4.90 Å². The van der Waals surface area contributed by atoms with Gasteiger partial charge in [0.2, 0.25) is 0 Å². The third-order valence-corrected chi connectivity index (χ3v) is 5.74. The van der Waals surface area contributed by atoms with Gasteiger partial charge in [-0.3, -0.25) is 14.3 Å². The Morgan fingerprint density at radius 3 is 2.48 bits per heavy atom. The molecule has 2 aromatic heterocycles. The number of carbonyl (C=O) groups excluding carboxylic acids is 2. The van der Waals surface area contributed by atoms with Gasteiger partial charge in [-0.1, -0.05) is 0 Å². The van der Waals surface area contributed by atoms with Crippen molar-refractivity contribution in [2.45, 2.75) is 26.7 Å². The normalized spacial score (nSPS) is 15.9. The number of nitrogens with zero attached hydrogens (tertiary/aromatic N) is 3. The Labute approximate surface area is 139 Å². The molecule has 0 saturated carbocycles. The van der Waals surface area contributed by atoms with E-state index in [-0.39, 0.29) is 17.6 Å². The second-order valence-electron chi connectivity index (χ2n) is 6.12. The van der Waals surface area contributed by atoms with Gasteiger partial charge in [-0.2, -0.15) is 5.10 Å². The lowest BCUT2D eigenvalue weighted by Gasteiger charge is -2.31. The third-order valence-electron chi connectivity index (χ3n) is 4.60. The Hall–Kier alpha value is -1.95. The monoisotopic (exact) mass is 331 g/mol. The summed E-state index contributed by atoms with van der Waals surface area (Å²) in [5.41, 5.74) is 1.82. The van der Waals surface area contributed by atoms with E-state index >= 15 is 0 Å². The summed E-state index contributed by atoms with van der Waals surface area (Å²) in [4.78, 5) is 28.9. The fraction of sp³-hybridized carbons (Fsp3) is 0.471. The van der Waals surface area contributed by atoms with Gasteiger partial charge in [-0.05, 0) is 44.4 Å². The van der Waals surface area contributed by atoms with Crippen molar-refractivity contribution >= 4 is 23.0 Å². The summed E-state index contributed by atoms with van der Waals surface area (Å²) in [5.74, 6) is 0.221. The first kappa shape index (κ1) is 15.9. The summed E-state index contributed by atoms with van der Waals surface area (Å²) < 4.78 is 1.62. The van der Waals surface area contributed by atoms with Gasteiger partial charge >= 0.3 is 0 Å². The molecule has 6 heteroatoms. The van der Waals surface area contributed by atoms with Crippen molar-refractivity contribution in [2.75, 3.05) is 13.1 Å². The molecular formula is C17H21N3O2S. The van der Waals surface area contributed by atoms with Crippen LogP contribution in [0.1, 0.15) is 43.4 Å². The van der Waals surface area contributed by atoms with Crippen LogP contribution in [0.4, 0.5) is 0 Å². The molecule has 0 bridgehead atoms. The maximum atomic E-state index is 12.6. The van der Waals surface area contributed by atoms with E-state index in [0.717, 1.165) is 17.7 Å². The number of hydrogen-bond acceptors (Lipinski definition) is 4. The smallest absolute Gasteiger partial charge is 0.263 e. The van der Waals surface area contributed by atoms with Crippen molar-refractivity contribution in [1.29, 1.82) is 0 Å². The number of Topliss-reactive ketones (excluding diaryl/α,β-unsaturated/α-hetero) is 1. The molecule has 5 nitrogen and oxygen atoms in total. The van der Waals surface area contributed by atoms with Crippen molar-refractivity contribution in [2.24, 2.45) is 13.0 Å². The van der Waals surface area contributed by atoms with E-state index in [1.807, 2.05) is 24.8 Å². The van der Waals surface area contributed by atoms with Crippen LogP contribution in [0, 0.1) is 19.8 Å². The number of piperidine rings is 1. The highest BCUT2D eigenvalue weighted by molar-refractivity contribution is 7.14. The van der Waals surface area contributed by atoms with Gasteiger partial charge in [-0.15, -0.1) is 11.3 Å². The van der Waals surface area contributed by atoms with Crippen LogP contribution in [-0.4, -0.2) is 39.5 Å². The molecule has 0 N–H and O–H groups in total. The molecule has 1 aliphatic heterocycles. The topological polar surface area (TPSA) is 55.2 Å². The fourth-order valence-corrected chi connectivity index (χ4v) is 4.01. The first-order valence-corrected chi connectivity index (χ1v) is 8.67. The molecule has 0 aliphatic carbocycles. The van der Waals surface area contributed by atoms with Gasteiger partial charge in [0.1, 0.15) is 5.69 Å². The van der Waals surface area contributed by atoms with E-state index in [4.69, 9.17) is 0 Å². The van der Waals surface area contributed by atoms with Crippen molar-refractivity contribution in [3.63, 3.8) is 0 Å². The molecular weight excluding hydrogens is 310 g/mol. The van der Waals surface area contributed by atoms with Gasteiger partial charge in [0, 0.05) is 37.1 Å². The Morgan fingerprint density at radius 2 is 1.96 bits per heavy atom. The fourth-order valence-electron chi connectivity index (χ4n) is 3.00. The van der Waals surface area contributed by atoms with Crippen LogP contribution in [0.2, 0.25) is 0 Å². The van der Waals surface area contributed by atoms with Crippen molar-refractivity contribution < 1.29 is 9.59 Å². The largest absolute Gasteiger partial charge is 0.338 e. The number of thiophene rings is 1. The van der Waals surface area contributed by atoms with E-state index in [1.165, 1.54) is 10.4 Å². The average Bonchev–Trinajstić information content (AvgIpc) is 3.12. The number of hydrogen-bond donors (Lipinski definition) is 0. The maximum Gasteiger partial charge on any atom is 0.263 e. The quantitative estimate of drug-likeness (QED) is 0.813.